The maximum Gasteiger partial charge on any atom is 0.153 e. The van der Waals surface area contributed by atoms with Gasteiger partial charge >= 0.3 is 0 Å². The average molecular weight is 223 g/mol. The van der Waals surface area contributed by atoms with Gasteiger partial charge in [-0.15, -0.1) is 0 Å². The molecule has 15 heavy (non-hydrogen) atoms. The zero-order chi connectivity index (χ0) is 10.7. The molecule has 0 saturated heterocycles. The molecule has 2 aromatic rings. The van der Waals surface area contributed by atoms with Gasteiger partial charge in [-0.25, -0.2) is 0 Å². The molecule has 0 radical (unpaired) electrons. The van der Waals surface area contributed by atoms with Crippen molar-refractivity contribution < 1.29 is 5.11 Å². The van der Waals surface area contributed by atoms with Gasteiger partial charge in [0.2, 0.25) is 0 Å². The summed E-state index contributed by atoms with van der Waals surface area (Å²) in [6.07, 6.45) is 3.88. The molecule has 0 aliphatic carbocycles. The monoisotopic (exact) mass is 222 g/mol. The van der Waals surface area contributed by atoms with Crippen LogP contribution >= 0.6 is 11.6 Å². The number of halogens is 1. The summed E-state index contributed by atoms with van der Waals surface area (Å²) in [4.78, 5) is 0. The third-order valence-electron chi connectivity index (χ3n) is 2.14. The van der Waals surface area contributed by atoms with Crippen molar-refractivity contribution in [2.75, 3.05) is 0 Å². The number of benzene rings is 1. The molecular formula is C11H11ClN2O. The summed E-state index contributed by atoms with van der Waals surface area (Å²) in [6.45, 7) is 0.737. The standard InChI is InChI=1S/C11H11ClN2O/c12-10-3-1-2-9(6-10)4-5-14-8-11(15)7-13-14/h1-3,6-8,15H,4-5H2. The molecule has 1 aromatic heterocycles. The lowest BCUT2D eigenvalue weighted by Gasteiger charge is -2.02. The molecule has 4 heteroatoms. The molecule has 0 saturated carbocycles. The van der Waals surface area contributed by atoms with E-state index in [0.29, 0.717) is 0 Å². The topological polar surface area (TPSA) is 38.1 Å². The zero-order valence-corrected chi connectivity index (χ0v) is 8.85. The van der Waals surface area contributed by atoms with Gasteiger partial charge in [0, 0.05) is 11.6 Å². The Kier molecular flexibility index (Phi) is 2.92. The molecule has 0 bridgehead atoms. The van der Waals surface area contributed by atoms with E-state index < -0.39 is 0 Å². The Hall–Kier alpha value is -1.48. The van der Waals surface area contributed by atoms with Crippen LogP contribution in [0.1, 0.15) is 5.56 Å². The van der Waals surface area contributed by atoms with Crippen LogP contribution in [-0.2, 0) is 13.0 Å². The van der Waals surface area contributed by atoms with Gasteiger partial charge in [0.05, 0.1) is 12.4 Å². The highest BCUT2D eigenvalue weighted by Crippen LogP contribution is 2.12. The van der Waals surface area contributed by atoms with Gasteiger partial charge in [-0.2, -0.15) is 5.10 Å². The molecule has 0 spiro atoms. The molecule has 78 valence electrons. The number of aryl methyl sites for hydroxylation is 2. The van der Waals surface area contributed by atoms with Crippen molar-refractivity contribution >= 4 is 11.6 Å². The van der Waals surface area contributed by atoms with Crippen molar-refractivity contribution in [1.82, 2.24) is 9.78 Å². The van der Waals surface area contributed by atoms with Gasteiger partial charge in [-0.1, -0.05) is 23.7 Å². The lowest BCUT2D eigenvalue weighted by Crippen LogP contribution is -2.01. The smallest absolute Gasteiger partial charge is 0.153 e. The predicted octanol–water partition coefficient (Wildman–Crippen LogP) is 2.48. The van der Waals surface area contributed by atoms with Crippen LogP contribution in [0.25, 0.3) is 0 Å². The summed E-state index contributed by atoms with van der Waals surface area (Å²) < 4.78 is 1.70. The molecule has 1 heterocycles. The highest BCUT2D eigenvalue weighted by Gasteiger charge is 1.98. The second kappa shape index (κ2) is 4.36. The number of aromatic nitrogens is 2. The zero-order valence-electron chi connectivity index (χ0n) is 8.10. The van der Waals surface area contributed by atoms with Crippen LogP contribution in [0.15, 0.2) is 36.7 Å². The number of hydrogen-bond donors (Lipinski definition) is 1. The fourth-order valence-electron chi connectivity index (χ4n) is 1.41. The van der Waals surface area contributed by atoms with Gasteiger partial charge in [0.25, 0.3) is 0 Å². The molecule has 1 N–H and O–H groups in total. The largest absolute Gasteiger partial charge is 0.505 e. The highest BCUT2D eigenvalue weighted by molar-refractivity contribution is 6.30. The van der Waals surface area contributed by atoms with Crippen molar-refractivity contribution in [1.29, 1.82) is 0 Å². The Morgan fingerprint density at radius 1 is 1.40 bits per heavy atom. The highest BCUT2D eigenvalue weighted by atomic mass is 35.5. The maximum absolute atomic E-state index is 9.09. The Morgan fingerprint density at radius 3 is 2.93 bits per heavy atom. The van der Waals surface area contributed by atoms with E-state index >= 15 is 0 Å². The molecule has 1 aromatic carbocycles. The van der Waals surface area contributed by atoms with Crippen LogP contribution in [0.2, 0.25) is 5.02 Å². The minimum atomic E-state index is 0.195. The van der Waals surface area contributed by atoms with E-state index in [1.54, 1.807) is 10.9 Å². The first-order valence-electron chi connectivity index (χ1n) is 4.70. The lowest BCUT2D eigenvalue weighted by molar-refractivity contribution is 0.473. The first-order chi connectivity index (χ1) is 7.24. The van der Waals surface area contributed by atoms with Crippen molar-refractivity contribution in [3.63, 3.8) is 0 Å². The molecule has 0 fully saturated rings. The first kappa shape index (κ1) is 10.1. The Labute approximate surface area is 92.9 Å². The van der Waals surface area contributed by atoms with Crippen LogP contribution in [0, 0.1) is 0 Å². The summed E-state index contributed by atoms with van der Waals surface area (Å²) >= 11 is 5.87. The van der Waals surface area contributed by atoms with Crippen molar-refractivity contribution in [2.24, 2.45) is 0 Å². The second-order valence-electron chi connectivity index (χ2n) is 3.34. The third-order valence-corrected chi connectivity index (χ3v) is 2.37. The van der Waals surface area contributed by atoms with E-state index in [1.165, 1.54) is 6.20 Å². The molecule has 0 unspecified atom stereocenters. The summed E-state index contributed by atoms with van der Waals surface area (Å²) in [5, 5.41) is 13.8. The Morgan fingerprint density at radius 2 is 2.27 bits per heavy atom. The van der Waals surface area contributed by atoms with Crippen molar-refractivity contribution in [3.05, 3.63) is 47.2 Å². The quantitative estimate of drug-likeness (QED) is 0.867. The van der Waals surface area contributed by atoms with Crippen LogP contribution in [0.4, 0.5) is 0 Å². The summed E-state index contributed by atoms with van der Waals surface area (Å²) in [6, 6.07) is 7.74. The third kappa shape index (κ3) is 2.73. The van der Waals surface area contributed by atoms with Crippen molar-refractivity contribution in [3.8, 4) is 5.75 Å². The van der Waals surface area contributed by atoms with Crippen LogP contribution in [-0.4, -0.2) is 14.9 Å². The summed E-state index contributed by atoms with van der Waals surface area (Å²) in [5.41, 5.74) is 1.16. The molecule has 3 nitrogen and oxygen atoms in total. The van der Waals surface area contributed by atoms with Crippen LogP contribution in [0.5, 0.6) is 5.75 Å². The molecule has 2 rings (SSSR count). The fraction of sp³-hybridized carbons (Fsp3) is 0.182. The molecule has 0 aliphatic rings. The van der Waals surface area contributed by atoms with E-state index in [9.17, 15) is 0 Å². The Balaban J connectivity index is 1.99. The molecule has 0 aliphatic heterocycles. The SMILES string of the molecule is Oc1cnn(CCc2cccc(Cl)c2)c1. The average Bonchev–Trinajstić information content (AvgIpc) is 2.62. The molecular weight excluding hydrogens is 212 g/mol. The van der Waals surface area contributed by atoms with Gasteiger partial charge in [0.1, 0.15) is 0 Å². The number of rotatable bonds is 3. The number of aromatic hydroxyl groups is 1. The Bertz CT molecular complexity index is 453. The van der Waals surface area contributed by atoms with Crippen LogP contribution < -0.4 is 0 Å². The van der Waals surface area contributed by atoms with Crippen molar-refractivity contribution in [2.45, 2.75) is 13.0 Å². The lowest BCUT2D eigenvalue weighted by atomic mass is 10.1. The molecule has 0 atom stereocenters. The minimum absolute atomic E-state index is 0.195. The number of hydrogen-bond acceptors (Lipinski definition) is 2. The minimum Gasteiger partial charge on any atom is -0.505 e. The van der Waals surface area contributed by atoms with E-state index in [-0.39, 0.29) is 5.75 Å². The van der Waals surface area contributed by atoms with Crippen LogP contribution in [0.3, 0.4) is 0 Å². The predicted molar refractivity (Wildman–Crippen MR) is 59.0 cm³/mol. The number of nitrogens with zero attached hydrogens (tertiary/aromatic N) is 2. The van der Waals surface area contributed by atoms with Gasteiger partial charge in [0.15, 0.2) is 5.75 Å². The van der Waals surface area contributed by atoms with E-state index in [4.69, 9.17) is 16.7 Å². The first-order valence-corrected chi connectivity index (χ1v) is 5.08. The fourth-order valence-corrected chi connectivity index (χ4v) is 1.62. The van der Waals surface area contributed by atoms with E-state index in [1.807, 2.05) is 24.3 Å². The van der Waals surface area contributed by atoms with Gasteiger partial charge < -0.3 is 5.11 Å². The summed E-state index contributed by atoms with van der Waals surface area (Å²) in [7, 11) is 0. The summed E-state index contributed by atoms with van der Waals surface area (Å²) in [5.74, 6) is 0.195. The molecule has 0 amide bonds. The van der Waals surface area contributed by atoms with E-state index in [0.717, 1.165) is 23.6 Å². The van der Waals surface area contributed by atoms with Gasteiger partial charge in [-0.3, -0.25) is 4.68 Å². The second-order valence-corrected chi connectivity index (χ2v) is 3.78. The van der Waals surface area contributed by atoms with Gasteiger partial charge in [-0.05, 0) is 24.1 Å². The maximum atomic E-state index is 9.09. The normalized spacial score (nSPS) is 10.5. The van der Waals surface area contributed by atoms with E-state index in [2.05, 4.69) is 5.10 Å².